The minimum absolute atomic E-state index is 0.0332. The molecule has 5 heteroatoms. The van der Waals surface area contributed by atoms with Gasteiger partial charge in [0.2, 0.25) is 10.0 Å². The Morgan fingerprint density at radius 1 is 1.28 bits per heavy atom. The molecule has 1 saturated heterocycles. The summed E-state index contributed by atoms with van der Waals surface area (Å²) < 4.78 is 26.0. The summed E-state index contributed by atoms with van der Waals surface area (Å²) in [6.07, 6.45) is 3.58. The first-order valence-corrected chi connectivity index (χ1v) is 8.07. The number of nitrogen functional groups attached to an aromatic ring is 1. The lowest BCUT2D eigenvalue weighted by Gasteiger charge is -2.32. The Hall–Kier alpha value is -1.07. The van der Waals surface area contributed by atoms with E-state index >= 15 is 0 Å². The number of nitrogens with zero attached hydrogens (tertiary/aromatic N) is 1. The Balaban J connectivity index is 1.96. The maximum atomic E-state index is 12.1. The molecular weight excluding hydrogens is 248 g/mol. The summed E-state index contributed by atoms with van der Waals surface area (Å²) >= 11 is 0. The van der Waals surface area contributed by atoms with Crippen molar-refractivity contribution < 1.29 is 8.42 Å². The second kappa shape index (κ2) is 4.24. The van der Waals surface area contributed by atoms with Crippen molar-refractivity contribution >= 4 is 15.7 Å². The molecule has 2 N–H and O–H groups in total. The van der Waals surface area contributed by atoms with Crippen LogP contribution in [-0.4, -0.2) is 25.0 Å². The first-order valence-electron chi connectivity index (χ1n) is 6.46. The highest BCUT2D eigenvalue weighted by molar-refractivity contribution is 7.89. The van der Waals surface area contributed by atoms with Gasteiger partial charge >= 0.3 is 0 Å². The summed E-state index contributed by atoms with van der Waals surface area (Å²) in [7, 11) is -3.06. The number of aryl methyl sites for hydroxylation is 1. The van der Waals surface area contributed by atoms with Crippen LogP contribution < -0.4 is 5.73 Å². The van der Waals surface area contributed by atoms with Crippen molar-refractivity contribution in [3.05, 3.63) is 29.3 Å². The van der Waals surface area contributed by atoms with Gasteiger partial charge in [-0.1, -0.05) is 6.07 Å². The molecule has 1 aromatic carbocycles. The quantitative estimate of drug-likeness (QED) is 0.787. The highest BCUT2D eigenvalue weighted by Crippen LogP contribution is 2.39. The molecule has 1 atom stereocenters. The average molecular weight is 266 g/mol. The Morgan fingerprint density at radius 2 is 2.11 bits per heavy atom. The lowest BCUT2D eigenvalue weighted by Crippen LogP contribution is -2.39. The number of hydrogen-bond donors (Lipinski definition) is 1. The fraction of sp³-hybridized carbons (Fsp3) is 0.538. The average Bonchev–Trinajstić information content (AvgIpc) is 2.71. The molecule has 0 amide bonds. The molecule has 1 aromatic rings. The van der Waals surface area contributed by atoms with E-state index in [1.54, 1.807) is 4.31 Å². The van der Waals surface area contributed by atoms with Gasteiger partial charge in [0.05, 0.1) is 11.8 Å². The molecule has 0 saturated carbocycles. The lowest BCUT2D eigenvalue weighted by molar-refractivity contribution is 0.304. The van der Waals surface area contributed by atoms with Gasteiger partial charge in [-0.05, 0) is 48.9 Å². The highest BCUT2D eigenvalue weighted by atomic mass is 32.2. The molecule has 0 aromatic heterocycles. The normalized spacial score (nSPS) is 27.0. The van der Waals surface area contributed by atoms with Gasteiger partial charge in [0.1, 0.15) is 0 Å². The fourth-order valence-electron chi connectivity index (χ4n) is 3.07. The number of sulfonamides is 1. The van der Waals surface area contributed by atoms with Gasteiger partial charge in [-0.2, -0.15) is 4.31 Å². The standard InChI is InChI=1S/C13H18N2O2S/c14-11-4-5-12-10(9-11)3-6-13(12)15-7-1-2-8-18(15,16)17/h4-5,9,13H,1-3,6-8,14H2. The van der Waals surface area contributed by atoms with E-state index in [2.05, 4.69) is 0 Å². The van der Waals surface area contributed by atoms with Gasteiger partial charge in [-0.25, -0.2) is 8.42 Å². The van der Waals surface area contributed by atoms with Crippen LogP contribution in [0.5, 0.6) is 0 Å². The maximum absolute atomic E-state index is 12.1. The highest BCUT2D eigenvalue weighted by Gasteiger charge is 2.36. The van der Waals surface area contributed by atoms with Crippen LogP contribution in [0.4, 0.5) is 5.69 Å². The van der Waals surface area contributed by atoms with E-state index in [4.69, 9.17) is 5.73 Å². The Morgan fingerprint density at radius 3 is 2.89 bits per heavy atom. The van der Waals surface area contributed by atoms with Gasteiger partial charge in [-0.15, -0.1) is 0 Å². The number of fused-ring (bicyclic) bond motifs is 1. The SMILES string of the molecule is Nc1ccc2c(c1)CCC2N1CCCCS1(=O)=O. The zero-order valence-electron chi connectivity index (χ0n) is 10.3. The molecule has 1 aliphatic carbocycles. The van der Waals surface area contributed by atoms with E-state index in [9.17, 15) is 8.42 Å². The zero-order chi connectivity index (χ0) is 12.8. The number of nitrogens with two attached hydrogens (primary N) is 1. The number of rotatable bonds is 1. The molecule has 18 heavy (non-hydrogen) atoms. The van der Waals surface area contributed by atoms with Gasteiger partial charge in [0.25, 0.3) is 0 Å². The molecule has 1 aliphatic heterocycles. The monoisotopic (exact) mass is 266 g/mol. The van der Waals surface area contributed by atoms with Gasteiger partial charge in [-0.3, -0.25) is 0 Å². The molecule has 0 radical (unpaired) electrons. The van der Waals surface area contributed by atoms with Crippen LogP contribution >= 0.6 is 0 Å². The minimum Gasteiger partial charge on any atom is -0.399 e. The summed E-state index contributed by atoms with van der Waals surface area (Å²) in [4.78, 5) is 0. The van der Waals surface area contributed by atoms with E-state index in [0.29, 0.717) is 12.3 Å². The second-order valence-electron chi connectivity index (χ2n) is 5.15. The zero-order valence-corrected chi connectivity index (χ0v) is 11.1. The van der Waals surface area contributed by atoms with Crippen molar-refractivity contribution in [2.75, 3.05) is 18.0 Å². The number of benzene rings is 1. The summed E-state index contributed by atoms with van der Waals surface area (Å²) in [5, 5.41) is 0. The molecule has 4 nitrogen and oxygen atoms in total. The predicted octanol–water partition coefficient (Wildman–Crippen LogP) is 1.68. The number of hydrogen-bond acceptors (Lipinski definition) is 3. The van der Waals surface area contributed by atoms with E-state index in [1.807, 2.05) is 18.2 Å². The molecule has 98 valence electrons. The minimum atomic E-state index is -3.06. The predicted molar refractivity (Wildman–Crippen MR) is 71.6 cm³/mol. The second-order valence-corrected chi connectivity index (χ2v) is 7.19. The third-order valence-electron chi connectivity index (χ3n) is 3.95. The van der Waals surface area contributed by atoms with Crippen LogP contribution in [0.25, 0.3) is 0 Å². The largest absolute Gasteiger partial charge is 0.399 e. The topological polar surface area (TPSA) is 63.4 Å². The first kappa shape index (κ1) is 12.0. The summed E-state index contributed by atoms with van der Waals surface area (Å²) in [5.74, 6) is 0.299. The van der Waals surface area contributed by atoms with Crippen LogP contribution in [0.3, 0.4) is 0 Å². The number of anilines is 1. The van der Waals surface area contributed by atoms with Crippen molar-refractivity contribution in [3.63, 3.8) is 0 Å². The summed E-state index contributed by atoms with van der Waals surface area (Å²) in [6, 6.07) is 5.87. The Labute approximate surface area is 108 Å². The van der Waals surface area contributed by atoms with Crippen molar-refractivity contribution in [2.24, 2.45) is 0 Å². The first-order chi connectivity index (χ1) is 8.58. The fourth-order valence-corrected chi connectivity index (χ4v) is 4.89. The Bertz CT molecular complexity index is 568. The molecule has 0 bridgehead atoms. The molecular formula is C13H18N2O2S. The molecule has 1 fully saturated rings. The van der Waals surface area contributed by atoms with E-state index in [0.717, 1.165) is 36.9 Å². The van der Waals surface area contributed by atoms with Gasteiger partial charge in [0.15, 0.2) is 0 Å². The van der Waals surface area contributed by atoms with E-state index < -0.39 is 10.0 Å². The van der Waals surface area contributed by atoms with Crippen molar-refractivity contribution in [2.45, 2.75) is 31.7 Å². The van der Waals surface area contributed by atoms with Gasteiger partial charge in [0, 0.05) is 12.2 Å². The van der Waals surface area contributed by atoms with Crippen LogP contribution in [0.1, 0.15) is 36.4 Å². The van der Waals surface area contributed by atoms with E-state index in [1.165, 1.54) is 5.56 Å². The maximum Gasteiger partial charge on any atom is 0.214 e. The smallest absolute Gasteiger partial charge is 0.214 e. The van der Waals surface area contributed by atoms with Gasteiger partial charge < -0.3 is 5.73 Å². The third kappa shape index (κ3) is 1.91. The molecule has 2 aliphatic rings. The third-order valence-corrected chi connectivity index (χ3v) is 5.91. The molecule has 1 unspecified atom stereocenters. The van der Waals surface area contributed by atoms with Crippen LogP contribution in [-0.2, 0) is 16.4 Å². The van der Waals surface area contributed by atoms with Crippen LogP contribution in [0.15, 0.2) is 18.2 Å². The molecule has 0 spiro atoms. The lowest BCUT2D eigenvalue weighted by atomic mass is 10.1. The summed E-state index contributed by atoms with van der Waals surface area (Å²) in [6.45, 7) is 0.664. The van der Waals surface area contributed by atoms with Crippen molar-refractivity contribution in [1.29, 1.82) is 0 Å². The summed E-state index contributed by atoms with van der Waals surface area (Å²) in [5.41, 5.74) is 8.89. The molecule has 1 heterocycles. The van der Waals surface area contributed by atoms with Crippen LogP contribution in [0.2, 0.25) is 0 Å². The Kier molecular flexibility index (Phi) is 2.83. The van der Waals surface area contributed by atoms with Crippen molar-refractivity contribution in [1.82, 2.24) is 4.31 Å². The van der Waals surface area contributed by atoms with E-state index in [-0.39, 0.29) is 6.04 Å². The van der Waals surface area contributed by atoms with Crippen molar-refractivity contribution in [3.8, 4) is 0 Å². The molecule has 3 rings (SSSR count). The van der Waals surface area contributed by atoms with Crippen LogP contribution in [0, 0.1) is 0 Å².